The second kappa shape index (κ2) is 10.3. The molecule has 2 N–H and O–H groups in total. The molecule has 0 spiro atoms. The van der Waals surface area contributed by atoms with E-state index in [2.05, 4.69) is 15.1 Å². The number of nitrogens with one attached hydrogen (secondary N) is 2. The highest BCUT2D eigenvalue weighted by Crippen LogP contribution is 2.32. The Labute approximate surface area is 222 Å². The van der Waals surface area contributed by atoms with Crippen LogP contribution < -0.4 is 10.0 Å². The number of nitrogens with zero attached hydrogens (tertiary/aromatic N) is 2. The summed E-state index contributed by atoms with van der Waals surface area (Å²) in [5.74, 6) is 0. The fourth-order valence-corrected chi connectivity index (χ4v) is 7.06. The van der Waals surface area contributed by atoms with Crippen LogP contribution in [0.15, 0.2) is 65.0 Å². The summed E-state index contributed by atoms with van der Waals surface area (Å²) < 4.78 is 30.3. The molecule has 5 rings (SSSR count). The summed E-state index contributed by atoms with van der Waals surface area (Å²) in [6, 6.07) is 13.5. The normalized spacial score (nSPS) is 14.7. The molecule has 1 aliphatic rings. The van der Waals surface area contributed by atoms with E-state index in [1.165, 1.54) is 0 Å². The van der Waals surface area contributed by atoms with Gasteiger partial charge in [0.1, 0.15) is 4.21 Å². The molecule has 0 unspecified atom stereocenters. The van der Waals surface area contributed by atoms with Crippen molar-refractivity contribution in [3.05, 3.63) is 87.7 Å². The third-order valence-electron chi connectivity index (χ3n) is 5.95. The third kappa shape index (κ3) is 5.29. The van der Waals surface area contributed by atoms with Gasteiger partial charge >= 0.3 is 6.03 Å². The van der Waals surface area contributed by atoms with E-state index in [0.717, 1.165) is 63.1 Å². The van der Waals surface area contributed by atoms with Gasteiger partial charge in [-0.15, -0.1) is 11.3 Å². The zero-order valence-corrected chi connectivity index (χ0v) is 22.1. The molecular formula is C25H22Cl2N4O3S2. The van der Waals surface area contributed by atoms with E-state index < -0.39 is 16.1 Å². The fourth-order valence-electron chi connectivity index (χ4n) is 4.26. The summed E-state index contributed by atoms with van der Waals surface area (Å²) in [4.78, 5) is 12.4. The molecule has 0 fully saturated rings. The lowest BCUT2D eigenvalue weighted by atomic mass is 9.92. The summed E-state index contributed by atoms with van der Waals surface area (Å²) in [6.07, 6.45) is 6.49. The highest BCUT2D eigenvalue weighted by Gasteiger charge is 2.22. The first-order chi connectivity index (χ1) is 17.3. The van der Waals surface area contributed by atoms with E-state index in [1.807, 2.05) is 47.3 Å². The maximum Gasteiger partial charge on any atom is 0.328 e. The number of halogens is 2. The lowest BCUT2D eigenvalue weighted by Crippen LogP contribution is -2.39. The molecule has 1 aliphatic carbocycles. The number of amides is 2. The first kappa shape index (κ1) is 24.8. The average molecular weight is 562 g/mol. The minimum Gasteiger partial charge on any atom is -0.334 e. The summed E-state index contributed by atoms with van der Waals surface area (Å²) in [6.45, 7) is 0.666. The van der Waals surface area contributed by atoms with Crippen LogP contribution in [-0.2, 0) is 23.0 Å². The minimum atomic E-state index is -3.97. The van der Waals surface area contributed by atoms with Gasteiger partial charge in [-0.3, -0.25) is 4.68 Å². The Morgan fingerprint density at radius 3 is 2.78 bits per heavy atom. The molecular weight excluding hydrogens is 539 g/mol. The van der Waals surface area contributed by atoms with E-state index >= 15 is 0 Å². The Balaban J connectivity index is 1.27. The van der Waals surface area contributed by atoms with Gasteiger partial charge in [0, 0.05) is 21.3 Å². The number of sulfonamides is 1. The van der Waals surface area contributed by atoms with Crippen molar-refractivity contribution >= 4 is 66.3 Å². The highest BCUT2D eigenvalue weighted by atomic mass is 35.5. The topological polar surface area (TPSA) is 93.1 Å². The van der Waals surface area contributed by atoms with Crippen LogP contribution >= 0.6 is 34.5 Å². The molecule has 0 bridgehead atoms. The van der Waals surface area contributed by atoms with Crippen molar-refractivity contribution < 1.29 is 13.2 Å². The molecule has 2 heterocycles. The molecule has 0 saturated heterocycles. The zero-order chi connectivity index (χ0) is 25.3. The molecule has 0 atom stereocenters. The van der Waals surface area contributed by atoms with Gasteiger partial charge in [-0.2, -0.15) is 5.10 Å². The fraction of sp³-hybridized carbons (Fsp3) is 0.200. The maximum absolute atomic E-state index is 12.7. The van der Waals surface area contributed by atoms with E-state index in [1.54, 1.807) is 18.2 Å². The predicted octanol–water partition coefficient (Wildman–Crippen LogP) is 5.86. The van der Waals surface area contributed by atoms with Crippen molar-refractivity contribution in [2.45, 2.75) is 30.0 Å². The van der Waals surface area contributed by atoms with E-state index in [-0.39, 0.29) is 10.8 Å². The zero-order valence-electron chi connectivity index (χ0n) is 19.0. The molecule has 2 aromatic heterocycles. The second-order valence-electron chi connectivity index (χ2n) is 8.41. The third-order valence-corrected chi connectivity index (χ3v) is 9.46. The largest absolute Gasteiger partial charge is 0.334 e. The van der Waals surface area contributed by atoms with Crippen molar-refractivity contribution in [2.24, 2.45) is 0 Å². The minimum absolute atomic E-state index is 0.0962. The van der Waals surface area contributed by atoms with Gasteiger partial charge in [-0.1, -0.05) is 53.5 Å². The van der Waals surface area contributed by atoms with Crippen molar-refractivity contribution in [2.75, 3.05) is 6.54 Å². The van der Waals surface area contributed by atoms with Crippen molar-refractivity contribution in [3.63, 3.8) is 0 Å². The number of carbonyl (C=O) groups excluding carboxylic acids is 1. The number of urea groups is 1. The number of fused-ring (bicyclic) bond motifs is 2. The first-order valence-corrected chi connectivity index (χ1v) is 14.3. The Morgan fingerprint density at radius 2 is 1.97 bits per heavy atom. The number of thiophene rings is 1. The Kier molecular flexibility index (Phi) is 7.07. The van der Waals surface area contributed by atoms with Gasteiger partial charge in [0.15, 0.2) is 0 Å². The summed E-state index contributed by atoms with van der Waals surface area (Å²) in [7, 11) is -3.97. The maximum atomic E-state index is 12.7. The number of aryl methyl sites for hydroxylation is 1. The lowest BCUT2D eigenvalue weighted by molar-refractivity contribution is 0.247. The molecule has 2 amide bonds. The first-order valence-electron chi connectivity index (χ1n) is 11.3. The van der Waals surface area contributed by atoms with Crippen molar-refractivity contribution in [1.29, 1.82) is 0 Å². The van der Waals surface area contributed by atoms with Crippen LogP contribution in [0.1, 0.15) is 29.7 Å². The van der Waals surface area contributed by atoms with Crippen LogP contribution in [0.3, 0.4) is 0 Å². The van der Waals surface area contributed by atoms with Crippen molar-refractivity contribution in [1.82, 2.24) is 19.8 Å². The monoisotopic (exact) mass is 560 g/mol. The number of allylic oxidation sites excluding steroid dienone is 1. The van der Waals surface area contributed by atoms with Crippen LogP contribution in [0.2, 0.25) is 10.0 Å². The quantitative estimate of drug-likeness (QED) is 0.309. The van der Waals surface area contributed by atoms with Gasteiger partial charge in [0.25, 0.3) is 10.0 Å². The second-order valence-corrected chi connectivity index (χ2v) is 12.3. The smallest absolute Gasteiger partial charge is 0.328 e. The number of hydrogen-bond acceptors (Lipinski definition) is 5. The van der Waals surface area contributed by atoms with E-state index in [4.69, 9.17) is 23.2 Å². The molecule has 36 heavy (non-hydrogen) atoms. The van der Waals surface area contributed by atoms with Gasteiger partial charge in [0.05, 0.1) is 18.4 Å². The molecule has 186 valence electrons. The van der Waals surface area contributed by atoms with Gasteiger partial charge < -0.3 is 5.32 Å². The standard InChI is InChI=1S/C25H22Cl2N4O3S2/c26-20-9-8-19(21(27)13-20)15-31-24-16(5-3-6-18(24)14-29-31)10-11-28-25(32)30-36(33,34)23-12-17-4-1-2-7-22(17)35-23/h1-2,4,7-10,12-14H,3,5-6,11,15H2,(H2,28,30,32)/b16-10+. The molecule has 2 aromatic carbocycles. The van der Waals surface area contributed by atoms with Crippen molar-refractivity contribution in [3.8, 4) is 0 Å². The van der Waals surface area contributed by atoms with Crippen LogP contribution in [-0.4, -0.2) is 30.8 Å². The predicted molar refractivity (Wildman–Crippen MR) is 144 cm³/mol. The number of aromatic nitrogens is 2. The Bertz CT molecular complexity index is 1560. The summed E-state index contributed by atoms with van der Waals surface area (Å²) in [5, 5.41) is 9.15. The number of carbonyl (C=O) groups is 1. The Morgan fingerprint density at radius 1 is 1.14 bits per heavy atom. The molecule has 0 saturated carbocycles. The molecule has 4 aromatic rings. The molecule has 0 radical (unpaired) electrons. The SMILES string of the molecule is O=C(NC/C=C1\CCCc2cnn(Cc3ccc(Cl)cc3Cl)c21)NS(=O)(=O)c1cc2ccccc2s1. The van der Waals surface area contributed by atoms with Gasteiger partial charge in [-0.25, -0.2) is 17.9 Å². The molecule has 11 heteroatoms. The molecule has 0 aliphatic heterocycles. The van der Waals surface area contributed by atoms with Crippen LogP contribution in [0.4, 0.5) is 4.79 Å². The number of rotatable bonds is 6. The van der Waals surface area contributed by atoms with Crippen LogP contribution in [0.25, 0.3) is 15.7 Å². The number of hydrogen-bond donors (Lipinski definition) is 2. The summed E-state index contributed by atoms with van der Waals surface area (Å²) in [5.41, 5.74) is 4.09. The average Bonchev–Trinajstić information content (AvgIpc) is 3.46. The summed E-state index contributed by atoms with van der Waals surface area (Å²) >= 11 is 13.5. The van der Waals surface area contributed by atoms with Gasteiger partial charge in [-0.05, 0) is 65.6 Å². The van der Waals surface area contributed by atoms with E-state index in [9.17, 15) is 13.2 Å². The molecule has 7 nitrogen and oxygen atoms in total. The lowest BCUT2D eigenvalue weighted by Gasteiger charge is -2.18. The Hall–Kier alpha value is -2.85. The highest BCUT2D eigenvalue weighted by molar-refractivity contribution is 7.92. The van der Waals surface area contributed by atoms with Crippen LogP contribution in [0.5, 0.6) is 0 Å². The van der Waals surface area contributed by atoms with Gasteiger partial charge in [0.2, 0.25) is 0 Å². The van der Waals surface area contributed by atoms with Crippen LogP contribution in [0, 0.1) is 0 Å². The van der Waals surface area contributed by atoms with E-state index in [0.29, 0.717) is 16.6 Å². The number of benzene rings is 2.